The van der Waals surface area contributed by atoms with E-state index in [2.05, 4.69) is 47.9 Å². The van der Waals surface area contributed by atoms with E-state index in [0.717, 1.165) is 39.1 Å². The SMILES string of the molecule is CCOC(=O)C1=C(c2ccccc2)N=c2s/c(=C\c3c(C)n(Cc4ccccc4)c4ccccc34)c(=O)n2[C@@H]1c1cccs1. The molecular formula is C36H29N3O3S2. The number of thiophene rings is 1. The van der Waals surface area contributed by atoms with E-state index < -0.39 is 12.0 Å². The molecule has 3 aromatic carbocycles. The molecule has 0 bridgehead atoms. The molecular weight excluding hydrogens is 587 g/mol. The summed E-state index contributed by atoms with van der Waals surface area (Å²) in [6, 6.07) is 31.6. The predicted molar refractivity (Wildman–Crippen MR) is 178 cm³/mol. The summed E-state index contributed by atoms with van der Waals surface area (Å²) in [4.78, 5) is 34.3. The summed E-state index contributed by atoms with van der Waals surface area (Å²) < 4.78 is 10.1. The van der Waals surface area contributed by atoms with Gasteiger partial charge in [-0.05, 0) is 43.0 Å². The van der Waals surface area contributed by atoms with Crippen molar-refractivity contribution in [2.75, 3.05) is 6.61 Å². The van der Waals surface area contributed by atoms with Crippen molar-refractivity contribution >= 4 is 51.3 Å². The molecule has 1 aliphatic rings. The zero-order valence-corrected chi connectivity index (χ0v) is 25.9. The molecule has 44 heavy (non-hydrogen) atoms. The second kappa shape index (κ2) is 11.7. The molecule has 0 unspecified atom stereocenters. The number of benzene rings is 3. The van der Waals surface area contributed by atoms with Crippen LogP contribution in [-0.4, -0.2) is 21.7 Å². The average molecular weight is 616 g/mol. The number of fused-ring (bicyclic) bond motifs is 2. The van der Waals surface area contributed by atoms with Crippen molar-refractivity contribution in [3.8, 4) is 0 Å². The van der Waals surface area contributed by atoms with Crippen molar-refractivity contribution in [2.45, 2.75) is 26.4 Å². The number of hydrogen-bond acceptors (Lipinski definition) is 6. The zero-order chi connectivity index (χ0) is 30.2. The summed E-state index contributed by atoms with van der Waals surface area (Å²) in [5, 5.41) is 3.04. The van der Waals surface area contributed by atoms with E-state index in [9.17, 15) is 9.59 Å². The molecule has 1 atom stereocenters. The molecule has 7 rings (SSSR count). The van der Waals surface area contributed by atoms with Crippen molar-refractivity contribution in [3.05, 3.63) is 155 Å². The highest BCUT2D eigenvalue weighted by Crippen LogP contribution is 2.37. The summed E-state index contributed by atoms with van der Waals surface area (Å²) in [5.41, 5.74) is 5.92. The third-order valence-electron chi connectivity index (χ3n) is 7.92. The summed E-state index contributed by atoms with van der Waals surface area (Å²) in [6.45, 7) is 4.83. The Bertz CT molecular complexity index is 2210. The number of aromatic nitrogens is 2. The minimum Gasteiger partial charge on any atom is -0.463 e. The lowest BCUT2D eigenvalue weighted by Gasteiger charge is -2.24. The molecule has 1 aliphatic heterocycles. The number of rotatable bonds is 7. The first-order chi connectivity index (χ1) is 21.5. The van der Waals surface area contributed by atoms with E-state index in [1.807, 2.05) is 72.1 Å². The Balaban J connectivity index is 1.47. The molecule has 0 saturated heterocycles. The topological polar surface area (TPSA) is 65.6 Å². The summed E-state index contributed by atoms with van der Waals surface area (Å²) >= 11 is 2.86. The molecule has 0 radical (unpaired) electrons. The van der Waals surface area contributed by atoms with Gasteiger partial charge in [-0.1, -0.05) is 96.3 Å². The van der Waals surface area contributed by atoms with Gasteiger partial charge in [-0.15, -0.1) is 11.3 Å². The van der Waals surface area contributed by atoms with Gasteiger partial charge < -0.3 is 9.30 Å². The van der Waals surface area contributed by atoms with Crippen molar-refractivity contribution in [1.29, 1.82) is 0 Å². The van der Waals surface area contributed by atoms with Gasteiger partial charge in [0.2, 0.25) is 0 Å². The quantitative estimate of drug-likeness (QED) is 0.198. The highest BCUT2D eigenvalue weighted by molar-refractivity contribution is 7.10. The average Bonchev–Trinajstić information content (AvgIpc) is 3.76. The second-order valence-electron chi connectivity index (χ2n) is 10.5. The van der Waals surface area contributed by atoms with Crippen molar-refractivity contribution in [3.63, 3.8) is 0 Å². The summed E-state index contributed by atoms with van der Waals surface area (Å²) in [6.07, 6.45) is 1.99. The lowest BCUT2D eigenvalue weighted by Crippen LogP contribution is -2.39. The number of esters is 1. The predicted octanol–water partition coefficient (Wildman–Crippen LogP) is 6.31. The first kappa shape index (κ1) is 28.0. The molecule has 4 heterocycles. The molecule has 0 spiro atoms. The molecule has 3 aromatic heterocycles. The van der Waals surface area contributed by atoms with Crippen LogP contribution in [0.4, 0.5) is 0 Å². The van der Waals surface area contributed by atoms with Crippen LogP contribution in [-0.2, 0) is 16.1 Å². The van der Waals surface area contributed by atoms with Crippen LogP contribution in [0, 0.1) is 6.92 Å². The van der Waals surface area contributed by atoms with Gasteiger partial charge in [0.25, 0.3) is 5.56 Å². The minimum atomic E-state index is -0.650. The van der Waals surface area contributed by atoms with Gasteiger partial charge in [0.1, 0.15) is 6.04 Å². The standard InChI is InChI=1S/C36H29N3O3S2/c1-3-42-35(41)31-32(25-15-8-5-9-16-25)37-36-39(33(31)29-19-12-20-43-29)34(40)30(44-36)21-27-23(2)38(22-24-13-6-4-7-14-24)28-18-11-10-17-26(27)28/h4-21,33H,3,22H2,1-2H3/b30-21-/t33-/m1/s1. The Hall–Kier alpha value is -4.79. The number of carbonyl (C=O) groups excluding carboxylic acids is 1. The highest BCUT2D eigenvalue weighted by Gasteiger charge is 2.35. The maximum Gasteiger partial charge on any atom is 0.338 e. The number of ether oxygens (including phenoxy) is 1. The monoisotopic (exact) mass is 615 g/mol. The highest BCUT2D eigenvalue weighted by atomic mass is 32.1. The minimum absolute atomic E-state index is 0.180. The van der Waals surface area contributed by atoms with Crippen molar-refractivity contribution in [2.24, 2.45) is 4.99 Å². The van der Waals surface area contributed by atoms with Crippen LogP contribution < -0.4 is 14.9 Å². The first-order valence-corrected chi connectivity index (χ1v) is 16.2. The molecule has 0 saturated carbocycles. The maximum atomic E-state index is 14.3. The third kappa shape index (κ3) is 4.86. The molecule has 6 aromatic rings. The van der Waals surface area contributed by atoms with E-state index in [1.54, 1.807) is 11.5 Å². The Morgan fingerprint density at radius 1 is 0.955 bits per heavy atom. The zero-order valence-electron chi connectivity index (χ0n) is 24.3. The Labute approximate surface area is 262 Å². The molecule has 8 heteroatoms. The largest absolute Gasteiger partial charge is 0.463 e. The normalized spacial score (nSPS) is 15.0. The molecule has 0 N–H and O–H groups in total. The summed E-state index contributed by atoms with van der Waals surface area (Å²) in [7, 11) is 0. The van der Waals surface area contributed by atoms with E-state index in [1.165, 1.54) is 28.2 Å². The maximum absolute atomic E-state index is 14.3. The molecule has 0 aliphatic carbocycles. The number of nitrogens with zero attached hydrogens (tertiary/aromatic N) is 3. The Kier molecular flexibility index (Phi) is 7.46. The van der Waals surface area contributed by atoms with E-state index in [-0.39, 0.29) is 12.2 Å². The third-order valence-corrected chi connectivity index (χ3v) is 9.83. The van der Waals surface area contributed by atoms with E-state index in [4.69, 9.17) is 9.73 Å². The molecule has 6 nitrogen and oxygen atoms in total. The van der Waals surface area contributed by atoms with Gasteiger partial charge in [0, 0.05) is 39.1 Å². The van der Waals surface area contributed by atoms with Crippen molar-refractivity contribution < 1.29 is 9.53 Å². The number of carbonyl (C=O) groups is 1. The second-order valence-corrected chi connectivity index (χ2v) is 12.5. The molecule has 218 valence electrons. The van der Waals surface area contributed by atoms with Gasteiger partial charge in [-0.2, -0.15) is 0 Å². The molecule has 0 amide bonds. The summed E-state index contributed by atoms with van der Waals surface area (Å²) in [5.74, 6) is -0.470. The van der Waals surface area contributed by atoms with Crippen LogP contribution in [0.3, 0.4) is 0 Å². The Morgan fingerprint density at radius 3 is 2.41 bits per heavy atom. The first-order valence-electron chi connectivity index (χ1n) is 14.5. The van der Waals surface area contributed by atoms with Gasteiger partial charge >= 0.3 is 5.97 Å². The fraction of sp³-hybridized carbons (Fsp3) is 0.139. The van der Waals surface area contributed by atoms with Gasteiger partial charge in [0.15, 0.2) is 4.80 Å². The lowest BCUT2D eigenvalue weighted by atomic mass is 9.97. The van der Waals surface area contributed by atoms with Gasteiger partial charge in [-0.25, -0.2) is 9.79 Å². The van der Waals surface area contributed by atoms with Crippen LogP contribution in [0.25, 0.3) is 22.7 Å². The molecule has 0 fully saturated rings. The number of thiazole rings is 1. The lowest BCUT2D eigenvalue weighted by molar-refractivity contribution is -0.138. The number of hydrogen-bond donors (Lipinski definition) is 0. The van der Waals surface area contributed by atoms with E-state index >= 15 is 0 Å². The fourth-order valence-electron chi connectivity index (χ4n) is 5.90. The number of para-hydroxylation sites is 1. The van der Waals surface area contributed by atoms with Crippen LogP contribution in [0.5, 0.6) is 0 Å². The van der Waals surface area contributed by atoms with E-state index in [0.29, 0.717) is 20.6 Å². The Morgan fingerprint density at radius 2 is 1.68 bits per heavy atom. The van der Waals surface area contributed by atoms with Crippen LogP contribution in [0.1, 0.15) is 40.2 Å². The van der Waals surface area contributed by atoms with Gasteiger partial charge in [-0.3, -0.25) is 9.36 Å². The van der Waals surface area contributed by atoms with Crippen molar-refractivity contribution in [1.82, 2.24) is 9.13 Å². The van der Waals surface area contributed by atoms with Crippen LogP contribution >= 0.6 is 22.7 Å². The van der Waals surface area contributed by atoms with Crippen LogP contribution in [0.15, 0.2) is 118 Å². The van der Waals surface area contributed by atoms with Gasteiger partial charge in [0.05, 0.1) is 22.4 Å². The fourth-order valence-corrected chi connectivity index (χ4v) is 7.70. The smallest absolute Gasteiger partial charge is 0.338 e. The van der Waals surface area contributed by atoms with Crippen LogP contribution in [0.2, 0.25) is 0 Å².